The maximum atomic E-state index is 14.0. The lowest BCUT2D eigenvalue weighted by Gasteiger charge is -2.11. The number of hydrogen-bond acceptors (Lipinski definition) is 4. The third kappa shape index (κ3) is 3.87. The van der Waals surface area contributed by atoms with Gasteiger partial charge in [0.05, 0.1) is 10.4 Å². The number of fused-ring (bicyclic) bond motifs is 1. The maximum Gasteiger partial charge on any atom is 0.322 e. The summed E-state index contributed by atoms with van der Waals surface area (Å²) < 4.78 is 41.5. The van der Waals surface area contributed by atoms with Gasteiger partial charge in [-0.1, -0.05) is 18.2 Å². The lowest BCUT2D eigenvalue weighted by Crippen LogP contribution is -2.27. The monoisotopic (exact) mass is 438 g/mol. The van der Waals surface area contributed by atoms with Crippen LogP contribution in [0.15, 0.2) is 78.0 Å². The van der Waals surface area contributed by atoms with Gasteiger partial charge in [-0.2, -0.15) is 0 Å². The summed E-state index contributed by atoms with van der Waals surface area (Å²) in [5.74, 6) is -0.185. The molecule has 2 heterocycles. The summed E-state index contributed by atoms with van der Waals surface area (Å²) in [6, 6.07) is 15.0. The van der Waals surface area contributed by atoms with Gasteiger partial charge in [0.2, 0.25) is 0 Å². The lowest BCUT2D eigenvalue weighted by molar-refractivity contribution is 0.230. The van der Waals surface area contributed by atoms with Crippen LogP contribution in [0.3, 0.4) is 0 Å². The zero-order valence-corrected chi connectivity index (χ0v) is 17.6. The molecule has 0 atom stereocenters. The van der Waals surface area contributed by atoms with Crippen LogP contribution in [0, 0.1) is 5.82 Å². The maximum absolute atomic E-state index is 14.0. The second-order valence-corrected chi connectivity index (χ2v) is 8.89. The van der Waals surface area contributed by atoms with Crippen LogP contribution in [0.5, 0.6) is 0 Å². The number of amides is 2. The summed E-state index contributed by atoms with van der Waals surface area (Å²) in [6.45, 7) is 0. The number of aromatic nitrogens is 2. The molecule has 4 rings (SSSR count). The molecule has 31 heavy (non-hydrogen) atoms. The van der Waals surface area contributed by atoms with E-state index in [2.05, 4.69) is 10.3 Å². The largest absolute Gasteiger partial charge is 0.331 e. The lowest BCUT2D eigenvalue weighted by atomic mass is 10.1. The minimum absolute atomic E-state index is 0.0996. The molecule has 0 aliphatic heterocycles. The molecule has 2 aromatic carbocycles. The molecule has 0 saturated heterocycles. The van der Waals surface area contributed by atoms with Gasteiger partial charge < -0.3 is 4.90 Å². The number of hydrogen-bond donors (Lipinski definition) is 1. The molecule has 0 aliphatic rings. The second kappa shape index (κ2) is 7.84. The highest BCUT2D eigenvalue weighted by Gasteiger charge is 2.22. The molecule has 0 spiro atoms. The average Bonchev–Trinajstić information content (AvgIpc) is 3.14. The van der Waals surface area contributed by atoms with Gasteiger partial charge in [-0.3, -0.25) is 5.32 Å². The molecule has 0 fully saturated rings. The fourth-order valence-corrected chi connectivity index (χ4v) is 4.54. The Balaban J connectivity index is 1.83. The fraction of sp³-hybridized carbons (Fsp3) is 0.0909. The van der Waals surface area contributed by atoms with Crippen LogP contribution < -0.4 is 5.32 Å². The van der Waals surface area contributed by atoms with E-state index in [1.807, 2.05) is 0 Å². The number of benzene rings is 2. The van der Waals surface area contributed by atoms with Gasteiger partial charge >= 0.3 is 6.03 Å². The van der Waals surface area contributed by atoms with Crippen LogP contribution in [-0.2, 0) is 10.0 Å². The summed E-state index contributed by atoms with van der Waals surface area (Å²) in [5, 5.41) is 3.20. The number of urea groups is 1. The number of nitrogens with one attached hydrogen (secondary N) is 1. The Morgan fingerprint density at radius 1 is 1.06 bits per heavy atom. The number of rotatable bonds is 4. The van der Waals surface area contributed by atoms with E-state index in [1.165, 1.54) is 41.6 Å². The molecule has 0 bridgehead atoms. The smallest absolute Gasteiger partial charge is 0.322 e. The predicted octanol–water partition coefficient (Wildman–Crippen LogP) is 4.17. The summed E-state index contributed by atoms with van der Waals surface area (Å²) >= 11 is 0. The van der Waals surface area contributed by atoms with E-state index >= 15 is 0 Å². The zero-order chi connectivity index (χ0) is 22.2. The predicted molar refractivity (Wildman–Crippen MR) is 117 cm³/mol. The molecule has 0 aliphatic carbocycles. The van der Waals surface area contributed by atoms with E-state index in [9.17, 15) is 17.6 Å². The van der Waals surface area contributed by atoms with Crippen molar-refractivity contribution in [3.05, 3.63) is 78.9 Å². The Bertz CT molecular complexity index is 1370. The summed E-state index contributed by atoms with van der Waals surface area (Å²) in [5.41, 5.74) is 1.43. The van der Waals surface area contributed by atoms with Crippen LogP contribution >= 0.6 is 0 Å². The number of pyridine rings is 1. The summed E-state index contributed by atoms with van der Waals surface area (Å²) in [7, 11) is -0.704. The molecule has 158 valence electrons. The molecule has 7 nitrogen and oxygen atoms in total. The molecule has 2 amide bonds. The Labute approximate surface area is 178 Å². The molecule has 0 radical (unpaired) electrons. The molecular weight excluding hydrogens is 419 g/mol. The van der Waals surface area contributed by atoms with Crippen molar-refractivity contribution in [3.63, 3.8) is 0 Å². The minimum atomic E-state index is -3.94. The van der Waals surface area contributed by atoms with Gasteiger partial charge in [-0.25, -0.2) is 26.6 Å². The number of anilines is 1. The van der Waals surface area contributed by atoms with E-state index in [0.29, 0.717) is 22.3 Å². The van der Waals surface area contributed by atoms with Crippen molar-refractivity contribution >= 4 is 32.8 Å². The number of nitrogens with zero attached hydrogens (tertiary/aromatic N) is 3. The SMILES string of the molecule is CN(C)C(=O)Nc1ccc(-c2cn(S(=O)(=O)c3ccccc3)c3cc(F)ccc23)cn1. The van der Waals surface area contributed by atoms with Crippen molar-refractivity contribution in [3.8, 4) is 11.1 Å². The summed E-state index contributed by atoms with van der Waals surface area (Å²) in [6.07, 6.45) is 2.99. The van der Waals surface area contributed by atoms with Gasteiger partial charge in [0.1, 0.15) is 11.6 Å². The fourth-order valence-electron chi connectivity index (χ4n) is 3.15. The van der Waals surface area contributed by atoms with Gasteiger partial charge in [0.25, 0.3) is 10.0 Å². The zero-order valence-electron chi connectivity index (χ0n) is 16.8. The van der Waals surface area contributed by atoms with Crippen molar-refractivity contribution in [2.45, 2.75) is 4.90 Å². The molecule has 9 heteroatoms. The minimum Gasteiger partial charge on any atom is -0.331 e. The molecule has 0 unspecified atom stereocenters. The van der Waals surface area contributed by atoms with Gasteiger partial charge in [-0.15, -0.1) is 0 Å². The van der Waals surface area contributed by atoms with Gasteiger partial charge in [0.15, 0.2) is 0 Å². The van der Waals surface area contributed by atoms with E-state index in [4.69, 9.17) is 0 Å². The Kier molecular flexibility index (Phi) is 5.20. The van der Waals surface area contributed by atoms with Crippen LogP contribution in [0.25, 0.3) is 22.0 Å². The Morgan fingerprint density at radius 3 is 2.45 bits per heavy atom. The first-order chi connectivity index (χ1) is 14.8. The van der Waals surface area contributed by atoms with Crippen LogP contribution in [0.1, 0.15) is 0 Å². The number of halogens is 1. The van der Waals surface area contributed by atoms with Crippen molar-refractivity contribution in [1.29, 1.82) is 0 Å². The topological polar surface area (TPSA) is 84.3 Å². The highest BCUT2D eigenvalue weighted by atomic mass is 32.2. The van der Waals surface area contributed by atoms with Gasteiger partial charge in [-0.05, 0) is 42.5 Å². The highest BCUT2D eigenvalue weighted by Crippen LogP contribution is 2.33. The van der Waals surface area contributed by atoms with E-state index in [-0.39, 0.29) is 16.4 Å². The molecule has 2 aromatic heterocycles. The van der Waals surface area contributed by atoms with Crippen molar-refractivity contribution < 1.29 is 17.6 Å². The Morgan fingerprint density at radius 2 is 1.81 bits per heavy atom. The quantitative estimate of drug-likeness (QED) is 0.518. The normalized spacial score (nSPS) is 11.5. The van der Waals surface area contributed by atoms with E-state index < -0.39 is 15.8 Å². The van der Waals surface area contributed by atoms with Crippen molar-refractivity contribution in [2.24, 2.45) is 0 Å². The number of carbonyl (C=O) groups is 1. The van der Waals surface area contributed by atoms with Gasteiger partial charge in [0, 0.05) is 43.0 Å². The Hall–Kier alpha value is -3.72. The molecular formula is C22H19FN4O3S. The highest BCUT2D eigenvalue weighted by molar-refractivity contribution is 7.90. The first kappa shape index (κ1) is 20.5. The summed E-state index contributed by atoms with van der Waals surface area (Å²) in [4.78, 5) is 17.5. The molecule has 4 aromatic rings. The number of carbonyl (C=O) groups excluding carboxylic acids is 1. The van der Waals surface area contributed by atoms with Crippen LogP contribution in [-0.4, -0.2) is 42.4 Å². The van der Waals surface area contributed by atoms with Crippen LogP contribution in [0.4, 0.5) is 15.0 Å². The van der Waals surface area contributed by atoms with E-state index in [0.717, 1.165) is 3.97 Å². The molecule has 1 N–H and O–H groups in total. The van der Waals surface area contributed by atoms with Crippen molar-refractivity contribution in [2.75, 3.05) is 19.4 Å². The third-order valence-electron chi connectivity index (χ3n) is 4.75. The second-order valence-electron chi connectivity index (χ2n) is 7.07. The average molecular weight is 438 g/mol. The first-order valence-corrected chi connectivity index (χ1v) is 10.8. The molecule has 0 saturated carbocycles. The van der Waals surface area contributed by atoms with E-state index in [1.54, 1.807) is 50.5 Å². The van der Waals surface area contributed by atoms with Crippen molar-refractivity contribution in [1.82, 2.24) is 13.9 Å². The van der Waals surface area contributed by atoms with Crippen LogP contribution in [0.2, 0.25) is 0 Å². The first-order valence-electron chi connectivity index (χ1n) is 9.33. The third-order valence-corrected chi connectivity index (χ3v) is 6.44. The standard InChI is InChI=1S/C22H19FN4O3S/c1-26(2)22(28)25-21-11-8-15(13-24-21)19-14-27(20-12-16(23)9-10-18(19)20)31(29,30)17-6-4-3-5-7-17/h3-14H,1-2H3,(H,24,25,28).